The standard InChI is InChI=1S/C10H22N2O/c11-9-10(5-4-6-10)12-7-2-1-3-8-13/h12-13H,1-9,11H2. The largest absolute Gasteiger partial charge is 0.396 e. The molecule has 4 N–H and O–H groups in total. The summed E-state index contributed by atoms with van der Waals surface area (Å²) in [5, 5.41) is 12.1. The van der Waals surface area contributed by atoms with Gasteiger partial charge in [-0.15, -0.1) is 0 Å². The molecule has 0 amide bonds. The number of aliphatic hydroxyl groups excluding tert-OH is 1. The highest BCUT2D eigenvalue weighted by atomic mass is 16.2. The van der Waals surface area contributed by atoms with Crippen molar-refractivity contribution in [1.29, 1.82) is 0 Å². The summed E-state index contributed by atoms with van der Waals surface area (Å²) in [5.41, 5.74) is 5.98. The van der Waals surface area contributed by atoms with Crippen molar-refractivity contribution >= 4 is 0 Å². The van der Waals surface area contributed by atoms with Gasteiger partial charge in [-0.3, -0.25) is 0 Å². The molecule has 0 saturated heterocycles. The molecular weight excluding hydrogens is 164 g/mol. The van der Waals surface area contributed by atoms with Crippen LogP contribution in [0.4, 0.5) is 0 Å². The topological polar surface area (TPSA) is 58.3 Å². The molecule has 0 aromatic rings. The van der Waals surface area contributed by atoms with Gasteiger partial charge in [0, 0.05) is 18.7 Å². The van der Waals surface area contributed by atoms with E-state index in [-0.39, 0.29) is 5.54 Å². The summed E-state index contributed by atoms with van der Waals surface area (Å²) in [6.07, 6.45) is 7.00. The van der Waals surface area contributed by atoms with Gasteiger partial charge in [0.25, 0.3) is 0 Å². The van der Waals surface area contributed by atoms with Crippen molar-refractivity contribution in [2.24, 2.45) is 5.73 Å². The van der Waals surface area contributed by atoms with E-state index in [1.54, 1.807) is 0 Å². The van der Waals surface area contributed by atoms with Gasteiger partial charge in [-0.05, 0) is 45.1 Å². The van der Waals surface area contributed by atoms with Crippen molar-refractivity contribution < 1.29 is 5.11 Å². The number of hydrogen-bond donors (Lipinski definition) is 3. The van der Waals surface area contributed by atoms with Gasteiger partial charge in [0.05, 0.1) is 0 Å². The fourth-order valence-corrected chi connectivity index (χ4v) is 1.82. The summed E-state index contributed by atoms with van der Waals surface area (Å²) in [6, 6.07) is 0. The van der Waals surface area contributed by atoms with E-state index in [4.69, 9.17) is 10.8 Å². The molecule has 0 unspecified atom stereocenters. The molecule has 0 aromatic heterocycles. The summed E-state index contributed by atoms with van der Waals surface area (Å²) < 4.78 is 0. The van der Waals surface area contributed by atoms with Crippen molar-refractivity contribution in [3.8, 4) is 0 Å². The zero-order valence-corrected chi connectivity index (χ0v) is 8.39. The van der Waals surface area contributed by atoms with Gasteiger partial charge in [0.2, 0.25) is 0 Å². The predicted molar refractivity (Wildman–Crippen MR) is 54.6 cm³/mol. The van der Waals surface area contributed by atoms with Crippen LogP contribution in [0.5, 0.6) is 0 Å². The highest BCUT2D eigenvalue weighted by molar-refractivity contribution is 4.96. The maximum absolute atomic E-state index is 8.59. The Labute approximate surface area is 80.7 Å². The van der Waals surface area contributed by atoms with Gasteiger partial charge in [-0.25, -0.2) is 0 Å². The van der Waals surface area contributed by atoms with Crippen LogP contribution < -0.4 is 11.1 Å². The zero-order valence-electron chi connectivity index (χ0n) is 8.39. The molecule has 1 aliphatic carbocycles. The molecule has 0 aromatic carbocycles. The normalized spacial score (nSPS) is 19.8. The molecular formula is C10H22N2O. The Kier molecular flexibility index (Phi) is 4.70. The van der Waals surface area contributed by atoms with E-state index >= 15 is 0 Å². The molecule has 0 atom stereocenters. The van der Waals surface area contributed by atoms with Gasteiger partial charge in [0.15, 0.2) is 0 Å². The number of nitrogens with one attached hydrogen (secondary N) is 1. The third-order valence-corrected chi connectivity index (χ3v) is 3.04. The van der Waals surface area contributed by atoms with Gasteiger partial charge < -0.3 is 16.2 Å². The summed E-state index contributed by atoms with van der Waals surface area (Å²) in [5.74, 6) is 0. The van der Waals surface area contributed by atoms with Crippen LogP contribution in [-0.2, 0) is 0 Å². The van der Waals surface area contributed by atoms with Crippen LogP contribution in [-0.4, -0.2) is 30.3 Å². The summed E-state index contributed by atoms with van der Waals surface area (Å²) in [7, 11) is 0. The minimum atomic E-state index is 0.277. The molecule has 1 rings (SSSR count). The minimum Gasteiger partial charge on any atom is -0.396 e. The Bertz CT molecular complexity index is 129. The van der Waals surface area contributed by atoms with Crippen LogP contribution >= 0.6 is 0 Å². The first kappa shape index (κ1) is 11.0. The van der Waals surface area contributed by atoms with Crippen LogP contribution in [0.2, 0.25) is 0 Å². The monoisotopic (exact) mass is 186 g/mol. The maximum Gasteiger partial charge on any atom is 0.0431 e. The van der Waals surface area contributed by atoms with Crippen LogP contribution in [0, 0.1) is 0 Å². The summed E-state index contributed by atoms with van der Waals surface area (Å²) in [6.45, 7) is 2.15. The van der Waals surface area contributed by atoms with E-state index in [1.807, 2.05) is 0 Å². The molecule has 1 saturated carbocycles. The van der Waals surface area contributed by atoms with E-state index in [0.29, 0.717) is 6.61 Å². The van der Waals surface area contributed by atoms with Crippen LogP contribution in [0.25, 0.3) is 0 Å². The lowest BCUT2D eigenvalue weighted by atomic mass is 9.77. The average molecular weight is 186 g/mol. The van der Waals surface area contributed by atoms with E-state index in [9.17, 15) is 0 Å². The lowest BCUT2D eigenvalue weighted by Crippen LogP contribution is -2.56. The Hall–Kier alpha value is -0.120. The Morgan fingerprint density at radius 2 is 2.00 bits per heavy atom. The first-order valence-electron chi connectivity index (χ1n) is 5.39. The minimum absolute atomic E-state index is 0.277. The first-order valence-corrected chi connectivity index (χ1v) is 5.39. The third-order valence-electron chi connectivity index (χ3n) is 3.04. The third kappa shape index (κ3) is 3.25. The van der Waals surface area contributed by atoms with E-state index in [2.05, 4.69) is 5.32 Å². The van der Waals surface area contributed by atoms with Crippen molar-refractivity contribution in [3.05, 3.63) is 0 Å². The molecule has 1 fully saturated rings. The van der Waals surface area contributed by atoms with E-state index in [0.717, 1.165) is 32.4 Å². The quantitative estimate of drug-likeness (QED) is 0.511. The fraction of sp³-hybridized carbons (Fsp3) is 1.00. The Morgan fingerprint density at radius 1 is 1.23 bits per heavy atom. The molecule has 0 radical (unpaired) electrons. The lowest BCUT2D eigenvalue weighted by molar-refractivity contribution is 0.192. The van der Waals surface area contributed by atoms with Crippen molar-refractivity contribution in [3.63, 3.8) is 0 Å². The number of nitrogens with two attached hydrogens (primary N) is 1. The molecule has 13 heavy (non-hydrogen) atoms. The zero-order chi connectivity index (χ0) is 9.57. The van der Waals surface area contributed by atoms with Gasteiger partial charge in [-0.2, -0.15) is 0 Å². The number of hydrogen-bond acceptors (Lipinski definition) is 3. The average Bonchev–Trinajstić information content (AvgIpc) is 2.09. The second-order valence-corrected chi connectivity index (χ2v) is 4.05. The molecule has 3 nitrogen and oxygen atoms in total. The van der Waals surface area contributed by atoms with Crippen LogP contribution in [0.1, 0.15) is 38.5 Å². The highest BCUT2D eigenvalue weighted by Gasteiger charge is 2.34. The highest BCUT2D eigenvalue weighted by Crippen LogP contribution is 2.30. The molecule has 0 aliphatic heterocycles. The van der Waals surface area contributed by atoms with E-state index < -0.39 is 0 Å². The fourth-order valence-electron chi connectivity index (χ4n) is 1.82. The SMILES string of the molecule is NCC1(NCCCCCO)CCC1. The van der Waals surface area contributed by atoms with Gasteiger partial charge in [0.1, 0.15) is 0 Å². The number of aliphatic hydroxyl groups is 1. The Morgan fingerprint density at radius 3 is 2.46 bits per heavy atom. The molecule has 1 aliphatic rings. The summed E-state index contributed by atoms with van der Waals surface area (Å²) in [4.78, 5) is 0. The van der Waals surface area contributed by atoms with E-state index in [1.165, 1.54) is 19.3 Å². The molecule has 0 heterocycles. The molecule has 0 bridgehead atoms. The first-order chi connectivity index (χ1) is 6.33. The lowest BCUT2D eigenvalue weighted by Gasteiger charge is -2.42. The van der Waals surface area contributed by atoms with Crippen molar-refractivity contribution in [1.82, 2.24) is 5.32 Å². The number of rotatable bonds is 7. The maximum atomic E-state index is 8.59. The van der Waals surface area contributed by atoms with Crippen LogP contribution in [0.15, 0.2) is 0 Å². The smallest absolute Gasteiger partial charge is 0.0431 e. The molecule has 0 spiro atoms. The van der Waals surface area contributed by atoms with Crippen molar-refractivity contribution in [2.45, 2.75) is 44.1 Å². The number of unbranched alkanes of at least 4 members (excludes halogenated alkanes) is 2. The van der Waals surface area contributed by atoms with Gasteiger partial charge >= 0.3 is 0 Å². The van der Waals surface area contributed by atoms with Crippen molar-refractivity contribution in [2.75, 3.05) is 19.7 Å². The second-order valence-electron chi connectivity index (χ2n) is 4.05. The summed E-state index contributed by atoms with van der Waals surface area (Å²) >= 11 is 0. The predicted octanol–water partition coefficient (Wildman–Crippen LogP) is 0.620. The molecule has 3 heteroatoms. The van der Waals surface area contributed by atoms with Gasteiger partial charge in [-0.1, -0.05) is 0 Å². The Balaban J connectivity index is 1.98. The molecule has 78 valence electrons. The van der Waals surface area contributed by atoms with Crippen LogP contribution in [0.3, 0.4) is 0 Å². The second kappa shape index (κ2) is 5.58.